The zero-order chi connectivity index (χ0) is 14.9. The fourth-order valence-electron chi connectivity index (χ4n) is 2.56. The van der Waals surface area contributed by atoms with Crippen LogP contribution in [0.1, 0.15) is 36.1 Å². The van der Waals surface area contributed by atoms with Crippen molar-refractivity contribution in [1.82, 2.24) is 0 Å². The first-order valence-electron chi connectivity index (χ1n) is 6.99. The van der Waals surface area contributed by atoms with Gasteiger partial charge < -0.3 is 0 Å². The number of hydrogen-bond acceptors (Lipinski definition) is 0. The van der Waals surface area contributed by atoms with Crippen LogP contribution in [0.3, 0.4) is 0 Å². The van der Waals surface area contributed by atoms with Crippen LogP contribution in [-0.4, -0.2) is 4.51 Å². The summed E-state index contributed by atoms with van der Waals surface area (Å²) in [5.74, 6) is 0.535. The van der Waals surface area contributed by atoms with Crippen molar-refractivity contribution in [2.24, 2.45) is 5.92 Å². The van der Waals surface area contributed by atoms with Crippen LogP contribution in [0.2, 0.25) is 0 Å². The highest BCUT2D eigenvalue weighted by atomic mass is 127. The van der Waals surface area contributed by atoms with E-state index >= 15 is 0 Å². The Kier molecular flexibility index (Phi) is 4.79. The largest absolute Gasteiger partial charge is 0.101 e. The maximum Gasteiger partial charge on any atom is 0.00249 e. The number of allylic oxidation sites excluding steroid dienone is 5. The molecule has 1 aromatic carbocycles. The molecule has 0 aromatic heterocycles. The number of hydrogen-bond donors (Lipinski definition) is 0. The number of rotatable bonds is 2. The van der Waals surface area contributed by atoms with Gasteiger partial charge in [-0.1, -0.05) is 41.3 Å². The molecule has 0 aliphatic heterocycles. The fraction of sp³-hybridized carbons (Fsp3) is 0.316. The summed E-state index contributed by atoms with van der Waals surface area (Å²) in [6, 6.07) is 4.62. The molecule has 1 aliphatic rings. The van der Waals surface area contributed by atoms with Gasteiger partial charge in [0.1, 0.15) is 0 Å². The van der Waals surface area contributed by atoms with Crippen molar-refractivity contribution < 1.29 is 0 Å². The van der Waals surface area contributed by atoms with Crippen molar-refractivity contribution in [1.29, 1.82) is 0 Å². The van der Waals surface area contributed by atoms with Gasteiger partial charge in [-0.05, 0) is 65.2 Å². The molecule has 0 spiro atoms. The highest BCUT2D eigenvalue weighted by Crippen LogP contribution is 2.34. The monoisotopic (exact) mass is 378 g/mol. The molecule has 0 nitrogen and oxygen atoms in total. The molecule has 0 amide bonds. The van der Waals surface area contributed by atoms with E-state index in [2.05, 4.69) is 67.5 Å². The maximum atomic E-state index is 4.06. The van der Waals surface area contributed by atoms with Crippen LogP contribution in [0.15, 0.2) is 39.5 Å². The summed E-state index contributed by atoms with van der Waals surface area (Å²) in [7, 11) is 0. The standard InChI is InChI=1S/C19H23I/c1-12-7-17(8-13(2)15(12)4)18-9-14(3)16(5)19(10-18)11-20-6/h7-11,16H,6H2,1-5H3/b19-11-. The summed E-state index contributed by atoms with van der Waals surface area (Å²) in [4.78, 5) is 0. The smallest absolute Gasteiger partial charge is 0.00249 e. The molecule has 0 fully saturated rings. The predicted octanol–water partition coefficient (Wildman–Crippen LogP) is 5.88. The molecular weight excluding hydrogens is 355 g/mol. The average molecular weight is 378 g/mol. The Hall–Kier alpha value is -0.960. The van der Waals surface area contributed by atoms with Gasteiger partial charge in [-0.15, -0.1) is 20.7 Å². The van der Waals surface area contributed by atoms with Gasteiger partial charge >= 0.3 is 0 Å². The molecule has 1 aromatic rings. The third kappa shape index (κ3) is 3.03. The van der Waals surface area contributed by atoms with Gasteiger partial charge in [-0.25, -0.2) is 0 Å². The molecular formula is C19H23I. The summed E-state index contributed by atoms with van der Waals surface area (Å²) in [6.45, 7) is 11.1. The minimum Gasteiger partial charge on any atom is -0.101 e. The second-order valence-corrected chi connectivity index (χ2v) is 7.21. The van der Waals surface area contributed by atoms with Crippen LogP contribution < -0.4 is 0 Å². The lowest BCUT2D eigenvalue weighted by Crippen LogP contribution is -2.05. The normalized spacial score (nSPS) is 20.9. The van der Waals surface area contributed by atoms with Crippen LogP contribution in [0, 0.1) is 26.7 Å². The van der Waals surface area contributed by atoms with E-state index < -0.39 is 0 Å². The average Bonchev–Trinajstić information content (AvgIpc) is 2.40. The minimum atomic E-state index is -0.0559. The van der Waals surface area contributed by atoms with E-state index in [9.17, 15) is 0 Å². The second kappa shape index (κ2) is 6.21. The highest BCUT2D eigenvalue weighted by molar-refractivity contribution is 14.2. The molecule has 2 rings (SSSR count). The fourth-order valence-corrected chi connectivity index (χ4v) is 3.79. The highest BCUT2D eigenvalue weighted by Gasteiger charge is 2.16. The molecule has 0 N–H and O–H groups in total. The van der Waals surface area contributed by atoms with Crippen LogP contribution in [0.4, 0.5) is 0 Å². The van der Waals surface area contributed by atoms with Gasteiger partial charge in [0.15, 0.2) is 0 Å². The zero-order valence-corrected chi connectivity index (χ0v) is 15.2. The van der Waals surface area contributed by atoms with Gasteiger partial charge in [0.25, 0.3) is 0 Å². The van der Waals surface area contributed by atoms with Crippen molar-refractivity contribution in [3.8, 4) is 0 Å². The second-order valence-electron chi connectivity index (χ2n) is 5.71. The lowest BCUT2D eigenvalue weighted by molar-refractivity contribution is 0.820. The van der Waals surface area contributed by atoms with E-state index in [1.807, 2.05) is 0 Å². The maximum absolute atomic E-state index is 4.06. The molecule has 1 heteroatoms. The van der Waals surface area contributed by atoms with Crippen molar-refractivity contribution in [3.63, 3.8) is 0 Å². The predicted molar refractivity (Wildman–Crippen MR) is 101 cm³/mol. The van der Waals surface area contributed by atoms with Crippen LogP contribution >= 0.6 is 20.7 Å². The van der Waals surface area contributed by atoms with Crippen molar-refractivity contribution in [3.05, 3.63) is 61.8 Å². The molecule has 0 saturated carbocycles. The van der Waals surface area contributed by atoms with E-state index in [0.29, 0.717) is 5.92 Å². The van der Waals surface area contributed by atoms with Gasteiger partial charge in [-0.2, -0.15) is 0 Å². The Labute approximate surface area is 133 Å². The molecule has 0 saturated heterocycles. The lowest BCUT2D eigenvalue weighted by atomic mass is 9.84. The molecule has 1 atom stereocenters. The van der Waals surface area contributed by atoms with Crippen LogP contribution in [0.25, 0.3) is 5.57 Å². The third-order valence-corrected chi connectivity index (χ3v) is 5.51. The van der Waals surface area contributed by atoms with Gasteiger partial charge in [-0.3, -0.25) is 0 Å². The van der Waals surface area contributed by atoms with E-state index in [0.717, 1.165) is 0 Å². The molecule has 106 valence electrons. The van der Waals surface area contributed by atoms with Gasteiger partial charge in [0.05, 0.1) is 0 Å². The number of halogens is 1. The number of aryl methyl sites for hydroxylation is 2. The summed E-state index contributed by atoms with van der Waals surface area (Å²) >= 11 is -0.0559. The Morgan fingerprint density at radius 1 is 1.05 bits per heavy atom. The molecule has 1 aliphatic carbocycles. The van der Waals surface area contributed by atoms with Crippen LogP contribution in [0.5, 0.6) is 0 Å². The summed E-state index contributed by atoms with van der Waals surface area (Å²) in [5.41, 5.74) is 9.72. The van der Waals surface area contributed by atoms with E-state index in [4.69, 9.17) is 0 Å². The summed E-state index contributed by atoms with van der Waals surface area (Å²) < 4.78 is 6.42. The number of benzene rings is 1. The lowest BCUT2D eigenvalue weighted by Gasteiger charge is -2.21. The summed E-state index contributed by atoms with van der Waals surface area (Å²) in [6.07, 6.45) is 4.69. The molecule has 1 unspecified atom stereocenters. The van der Waals surface area contributed by atoms with Crippen LogP contribution in [-0.2, 0) is 0 Å². The topological polar surface area (TPSA) is 0 Å². The van der Waals surface area contributed by atoms with E-state index in [1.165, 1.54) is 39.0 Å². The molecule has 0 heterocycles. The minimum absolute atomic E-state index is 0.0559. The SMILES string of the molecule is C=I/C=C1/C=C(c2cc(C)c(C)c(C)c2)C=C(C)C1C. The molecule has 0 bridgehead atoms. The first-order valence-corrected chi connectivity index (χ1v) is 9.76. The van der Waals surface area contributed by atoms with Crippen molar-refractivity contribution >= 4 is 30.8 Å². The van der Waals surface area contributed by atoms with Crippen molar-refractivity contribution in [2.45, 2.75) is 34.6 Å². The third-order valence-electron chi connectivity index (χ3n) is 4.35. The molecule has 20 heavy (non-hydrogen) atoms. The Morgan fingerprint density at radius 2 is 1.65 bits per heavy atom. The Balaban J connectivity index is 2.55. The zero-order valence-electron chi connectivity index (χ0n) is 13.0. The Morgan fingerprint density at radius 3 is 2.20 bits per heavy atom. The van der Waals surface area contributed by atoms with E-state index in [1.54, 1.807) is 0 Å². The first kappa shape index (κ1) is 15.4. The van der Waals surface area contributed by atoms with Gasteiger partial charge in [0.2, 0.25) is 0 Å². The summed E-state index contributed by atoms with van der Waals surface area (Å²) in [5, 5.41) is 0. The Bertz CT molecular complexity index is 619. The quantitative estimate of drug-likeness (QED) is 0.564. The van der Waals surface area contributed by atoms with E-state index in [-0.39, 0.29) is 20.7 Å². The van der Waals surface area contributed by atoms with Crippen molar-refractivity contribution in [2.75, 3.05) is 0 Å². The molecule has 0 radical (unpaired) electrons. The first-order chi connectivity index (χ1) is 9.43. The van der Waals surface area contributed by atoms with Gasteiger partial charge in [0, 0.05) is 5.92 Å².